The number of nitrogens with zero attached hydrogens (tertiary/aromatic N) is 1. The van der Waals surface area contributed by atoms with Gasteiger partial charge < -0.3 is 21.4 Å². The molecule has 0 aromatic heterocycles. The molecule has 0 fully saturated rings. The van der Waals surface area contributed by atoms with Crippen LogP contribution in [0.4, 0.5) is 8.78 Å². The Kier molecular flexibility index (Phi) is 5.32. The Hall–Kier alpha value is -0.950. The van der Waals surface area contributed by atoms with Crippen molar-refractivity contribution in [3.05, 3.63) is 0 Å². The second kappa shape index (κ2) is 5.71. The zero-order valence-corrected chi connectivity index (χ0v) is 7.87. The average molecular weight is 211 g/mol. The lowest BCUT2D eigenvalue weighted by molar-refractivity contribution is -0.0489. The standard InChI is InChI=1S/C7H15F2N3O2/c1-5(2-6(10)12-14)11-3-7(8,9)4-13/h5,11,13-14H,2-4H2,1H3,(H2,10,12). The van der Waals surface area contributed by atoms with Gasteiger partial charge in [-0.15, -0.1) is 0 Å². The van der Waals surface area contributed by atoms with Gasteiger partial charge in [-0.1, -0.05) is 5.16 Å². The van der Waals surface area contributed by atoms with Gasteiger partial charge in [0, 0.05) is 12.5 Å². The second-order valence-electron chi connectivity index (χ2n) is 3.09. The highest BCUT2D eigenvalue weighted by molar-refractivity contribution is 5.80. The van der Waals surface area contributed by atoms with Gasteiger partial charge in [-0.05, 0) is 6.92 Å². The molecule has 5 nitrogen and oxygen atoms in total. The highest BCUT2D eigenvalue weighted by Crippen LogP contribution is 2.10. The van der Waals surface area contributed by atoms with E-state index < -0.39 is 19.1 Å². The van der Waals surface area contributed by atoms with Crippen LogP contribution in [0.1, 0.15) is 13.3 Å². The lowest BCUT2D eigenvalue weighted by Crippen LogP contribution is -2.41. The molecular weight excluding hydrogens is 196 g/mol. The number of amidine groups is 1. The molecule has 0 amide bonds. The van der Waals surface area contributed by atoms with Crippen LogP contribution in [-0.2, 0) is 0 Å². The van der Waals surface area contributed by atoms with Gasteiger partial charge in [0.25, 0.3) is 5.92 Å². The summed E-state index contributed by atoms with van der Waals surface area (Å²) in [7, 11) is 0. The first-order chi connectivity index (χ1) is 6.41. The first-order valence-electron chi connectivity index (χ1n) is 4.09. The smallest absolute Gasteiger partial charge is 0.282 e. The number of halogens is 2. The van der Waals surface area contributed by atoms with Gasteiger partial charge in [-0.3, -0.25) is 0 Å². The number of alkyl halides is 2. The Labute approximate surface area is 80.6 Å². The molecule has 5 N–H and O–H groups in total. The quantitative estimate of drug-likeness (QED) is 0.211. The van der Waals surface area contributed by atoms with Crippen LogP contribution in [0, 0.1) is 0 Å². The molecule has 0 aliphatic carbocycles. The molecule has 0 bridgehead atoms. The van der Waals surface area contributed by atoms with Crippen molar-refractivity contribution < 1.29 is 19.1 Å². The summed E-state index contributed by atoms with van der Waals surface area (Å²) in [5, 5.41) is 21.6. The van der Waals surface area contributed by atoms with Crippen molar-refractivity contribution >= 4 is 5.84 Å². The van der Waals surface area contributed by atoms with Crippen LogP contribution in [-0.4, -0.2) is 41.3 Å². The fraction of sp³-hybridized carbons (Fsp3) is 0.857. The zero-order valence-electron chi connectivity index (χ0n) is 7.87. The highest BCUT2D eigenvalue weighted by atomic mass is 19.3. The van der Waals surface area contributed by atoms with Gasteiger partial charge in [-0.2, -0.15) is 0 Å². The van der Waals surface area contributed by atoms with Crippen molar-refractivity contribution in [2.75, 3.05) is 13.2 Å². The molecule has 0 radical (unpaired) electrons. The largest absolute Gasteiger partial charge is 0.409 e. The molecule has 14 heavy (non-hydrogen) atoms. The Balaban J connectivity index is 3.80. The fourth-order valence-electron chi connectivity index (χ4n) is 0.806. The molecule has 0 heterocycles. The predicted octanol–water partition coefficient (Wildman–Crippen LogP) is -0.271. The van der Waals surface area contributed by atoms with E-state index >= 15 is 0 Å². The Bertz CT molecular complexity index is 199. The first-order valence-corrected chi connectivity index (χ1v) is 4.09. The monoisotopic (exact) mass is 211 g/mol. The molecule has 0 rings (SSSR count). The molecule has 7 heteroatoms. The van der Waals surface area contributed by atoms with Crippen molar-refractivity contribution in [2.24, 2.45) is 10.9 Å². The third kappa shape index (κ3) is 5.65. The van der Waals surface area contributed by atoms with E-state index in [4.69, 9.17) is 16.0 Å². The average Bonchev–Trinajstić information content (AvgIpc) is 2.15. The Morgan fingerprint density at radius 3 is 2.64 bits per heavy atom. The van der Waals surface area contributed by atoms with Crippen LogP contribution in [0.25, 0.3) is 0 Å². The lowest BCUT2D eigenvalue weighted by atomic mass is 10.2. The van der Waals surface area contributed by atoms with Crippen molar-refractivity contribution in [3.63, 3.8) is 0 Å². The van der Waals surface area contributed by atoms with E-state index in [1.807, 2.05) is 0 Å². The number of rotatable bonds is 6. The summed E-state index contributed by atoms with van der Waals surface area (Å²) >= 11 is 0. The summed E-state index contributed by atoms with van der Waals surface area (Å²) in [5.41, 5.74) is 5.17. The third-order valence-electron chi connectivity index (χ3n) is 1.58. The summed E-state index contributed by atoms with van der Waals surface area (Å²) in [6.45, 7) is -0.217. The molecule has 0 saturated carbocycles. The summed E-state index contributed by atoms with van der Waals surface area (Å²) in [4.78, 5) is 0. The fourth-order valence-corrected chi connectivity index (χ4v) is 0.806. The van der Waals surface area contributed by atoms with Crippen LogP contribution < -0.4 is 11.1 Å². The number of hydrogen-bond acceptors (Lipinski definition) is 4. The Morgan fingerprint density at radius 1 is 1.64 bits per heavy atom. The van der Waals surface area contributed by atoms with Crippen molar-refractivity contribution in [3.8, 4) is 0 Å². The maximum Gasteiger partial charge on any atom is 0.282 e. The summed E-state index contributed by atoms with van der Waals surface area (Å²) in [5.74, 6) is -3.17. The van der Waals surface area contributed by atoms with Gasteiger partial charge >= 0.3 is 0 Å². The highest BCUT2D eigenvalue weighted by Gasteiger charge is 2.27. The molecule has 1 unspecified atom stereocenters. The van der Waals surface area contributed by atoms with Gasteiger partial charge in [0.05, 0.1) is 6.54 Å². The predicted molar refractivity (Wildman–Crippen MR) is 47.5 cm³/mol. The van der Waals surface area contributed by atoms with Gasteiger partial charge in [0.15, 0.2) is 0 Å². The van der Waals surface area contributed by atoms with E-state index in [9.17, 15) is 8.78 Å². The number of nitrogens with two attached hydrogens (primary N) is 1. The third-order valence-corrected chi connectivity index (χ3v) is 1.58. The van der Waals surface area contributed by atoms with E-state index in [-0.39, 0.29) is 18.3 Å². The molecule has 0 aliphatic rings. The molecule has 1 atom stereocenters. The molecule has 0 aromatic carbocycles. The molecule has 0 spiro atoms. The summed E-state index contributed by atoms with van der Waals surface area (Å²) in [6, 6.07) is -0.344. The molecule has 0 aliphatic heterocycles. The Morgan fingerprint density at radius 2 is 2.21 bits per heavy atom. The maximum absolute atomic E-state index is 12.5. The van der Waals surface area contributed by atoms with Crippen LogP contribution in [0.3, 0.4) is 0 Å². The number of oxime groups is 1. The minimum atomic E-state index is -3.14. The first kappa shape index (κ1) is 13.1. The second-order valence-corrected chi connectivity index (χ2v) is 3.09. The number of aliphatic hydroxyl groups is 1. The summed E-state index contributed by atoms with van der Waals surface area (Å²) in [6.07, 6.45) is 0.165. The molecule has 84 valence electrons. The van der Waals surface area contributed by atoms with E-state index in [2.05, 4.69) is 10.5 Å². The van der Waals surface area contributed by atoms with E-state index in [1.165, 1.54) is 0 Å². The van der Waals surface area contributed by atoms with Crippen molar-refractivity contribution in [2.45, 2.75) is 25.3 Å². The van der Waals surface area contributed by atoms with Crippen molar-refractivity contribution in [1.29, 1.82) is 0 Å². The van der Waals surface area contributed by atoms with Crippen LogP contribution >= 0.6 is 0 Å². The van der Waals surface area contributed by atoms with Crippen LogP contribution in [0.15, 0.2) is 5.16 Å². The topological polar surface area (TPSA) is 90.9 Å². The maximum atomic E-state index is 12.5. The van der Waals surface area contributed by atoms with E-state index in [0.29, 0.717) is 0 Å². The van der Waals surface area contributed by atoms with Crippen LogP contribution in [0.2, 0.25) is 0 Å². The van der Waals surface area contributed by atoms with Gasteiger partial charge in [0.1, 0.15) is 12.4 Å². The molecule has 0 saturated heterocycles. The number of hydrogen-bond donors (Lipinski definition) is 4. The van der Waals surface area contributed by atoms with Gasteiger partial charge in [0.2, 0.25) is 0 Å². The van der Waals surface area contributed by atoms with Gasteiger partial charge in [-0.25, -0.2) is 8.78 Å². The lowest BCUT2D eigenvalue weighted by Gasteiger charge is -2.18. The minimum absolute atomic E-state index is 0.0303. The van der Waals surface area contributed by atoms with Crippen LogP contribution in [0.5, 0.6) is 0 Å². The van der Waals surface area contributed by atoms with Crippen molar-refractivity contribution in [1.82, 2.24) is 5.32 Å². The number of aliphatic hydroxyl groups excluding tert-OH is 1. The zero-order chi connectivity index (χ0) is 11.2. The molecular formula is C7H15F2N3O2. The van der Waals surface area contributed by atoms with E-state index in [1.54, 1.807) is 6.92 Å². The SMILES string of the molecule is CC(CC(N)=NO)NCC(F)(F)CO. The normalized spacial score (nSPS) is 15.6. The minimum Gasteiger partial charge on any atom is -0.409 e. The number of nitrogens with one attached hydrogen (secondary N) is 1. The summed E-state index contributed by atoms with van der Waals surface area (Å²) < 4.78 is 25.0. The molecule has 0 aromatic rings. The van der Waals surface area contributed by atoms with E-state index in [0.717, 1.165) is 0 Å².